The van der Waals surface area contributed by atoms with Gasteiger partial charge in [0.05, 0.1) is 11.6 Å². The van der Waals surface area contributed by atoms with Gasteiger partial charge >= 0.3 is 0 Å². The Kier molecular flexibility index (Phi) is 6.27. The zero-order valence-electron chi connectivity index (χ0n) is 21.6. The molecule has 0 heterocycles. The van der Waals surface area contributed by atoms with E-state index in [1.807, 2.05) is 24.3 Å². The van der Waals surface area contributed by atoms with Crippen LogP contribution in [0, 0.1) is 11.8 Å². The summed E-state index contributed by atoms with van der Waals surface area (Å²) in [4.78, 5) is 40.7. The fourth-order valence-corrected chi connectivity index (χ4v) is 6.51. The molecule has 0 spiro atoms. The van der Waals surface area contributed by atoms with Crippen molar-refractivity contribution in [1.82, 2.24) is 4.90 Å². The number of aliphatic hydroxyl groups is 3. The Morgan fingerprint density at radius 3 is 2.33 bits per heavy atom. The number of fused-ring (bicyclic) bond motifs is 3. The smallest absolute Gasteiger partial charge is 0.255 e. The van der Waals surface area contributed by atoms with Crippen molar-refractivity contribution in [3.05, 3.63) is 75.6 Å². The van der Waals surface area contributed by atoms with Crippen LogP contribution in [0.2, 0.25) is 0 Å². The number of aryl methyl sites for hydroxylation is 2. The van der Waals surface area contributed by atoms with Crippen molar-refractivity contribution in [3.63, 3.8) is 0 Å². The highest BCUT2D eigenvalue weighted by Crippen LogP contribution is 2.53. The van der Waals surface area contributed by atoms with Gasteiger partial charge in [0.25, 0.3) is 5.91 Å². The van der Waals surface area contributed by atoms with Crippen molar-refractivity contribution in [3.8, 4) is 5.75 Å². The van der Waals surface area contributed by atoms with E-state index in [-0.39, 0.29) is 29.7 Å². The number of rotatable bonds is 5. The molecule has 0 bridgehead atoms. The molecule has 39 heavy (non-hydrogen) atoms. The molecule has 4 atom stereocenters. The minimum atomic E-state index is -2.65. The second-order valence-electron chi connectivity index (χ2n) is 10.8. The number of carbonyl (C=O) groups is 3. The van der Waals surface area contributed by atoms with Crippen molar-refractivity contribution in [2.45, 2.75) is 37.3 Å². The van der Waals surface area contributed by atoms with Gasteiger partial charge in [0.2, 0.25) is 5.78 Å². The van der Waals surface area contributed by atoms with Gasteiger partial charge in [0.1, 0.15) is 22.8 Å². The van der Waals surface area contributed by atoms with Gasteiger partial charge in [0, 0.05) is 17.2 Å². The number of nitrogen functional groups attached to an aromatic ring is 1. The fourth-order valence-electron chi connectivity index (χ4n) is 6.51. The fraction of sp³-hybridized carbons (Fsp3) is 0.345. The maximum atomic E-state index is 13.9. The molecular formula is C29H31N3O7. The van der Waals surface area contributed by atoms with Gasteiger partial charge in [-0.2, -0.15) is 0 Å². The lowest BCUT2D eigenvalue weighted by Gasteiger charge is -2.50. The highest BCUT2D eigenvalue weighted by Gasteiger charge is 2.64. The maximum absolute atomic E-state index is 13.9. The first-order valence-electron chi connectivity index (χ1n) is 12.7. The summed E-state index contributed by atoms with van der Waals surface area (Å²) in [6.07, 6.45) is 1.58. The summed E-state index contributed by atoms with van der Waals surface area (Å²) in [5.74, 6) is -6.58. The third-order valence-electron chi connectivity index (χ3n) is 8.36. The standard InChI is InChI=1S/C29H31N3O7/c1-32(2)23-18-12-15-11-17-14(6-3-13-4-8-16(30)9-5-13)7-10-19(33)21(17)24(34)20(15)26(36)29(18,39)27(37)22(25(23)35)28(31)38/h4-5,7-10,15,18,23,33-34,37,39H,3,6,11-12,30H2,1-2H3,(H2,31,38). The average molecular weight is 534 g/mol. The van der Waals surface area contributed by atoms with Crippen LogP contribution in [0.1, 0.15) is 28.7 Å². The molecule has 204 valence electrons. The van der Waals surface area contributed by atoms with E-state index in [0.717, 1.165) is 11.1 Å². The van der Waals surface area contributed by atoms with Gasteiger partial charge in [-0.05, 0) is 80.6 Å². The second-order valence-corrected chi connectivity index (χ2v) is 10.8. The second kappa shape index (κ2) is 9.25. The minimum absolute atomic E-state index is 0.0544. The number of nitrogens with zero attached hydrogens (tertiary/aromatic N) is 1. The van der Waals surface area contributed by atoms with Crippen molar-refractivity contribution < 1.29 is 34.8 Å². The molecular weight excluding hydrogens is 502 g/mol. The predicted molar refractivity (Wildman–Crippen MR) is 143 cm³/mol. The number of amides is 1. The van der Waals surface area contributed by atoms with Crippen LogP contribution >= 0.6 is 0 Å². The molecule has 10 heteroatoms. The third kappa shape index (κ3) is 3.90. The number of benzene rings is 2. The first-order valence-corrected chi connectivity index (χ1v) is 12.7. The SMILES string of the molecule is CN(C)C1C(=O)C(C(N)=O)=C(O)C2(O)C(=O)C3=C(O)c4c(O)ccc(CCc5ccc(N)cc5)c4CC3CC12. The first-order chi connectivity index (χ1) is 18.4. The number of likely N-dealkylation sites (N-methyl/N-ethyl adjacent to an activating group) is 1. The van der Waals surface area contributed by atoms with Crippen LogP contribution in [-0.4, -0.2) is 68.5 Å². The molecule has 2 aromatic rings. The van der Waals surface area contributed by atoms with E-state index in [1.165, 1.54) is 11.0 Å². The lowest BCUT2D eigenvalue weighted by molar-refractivity contribution is -0.153. The number of carbonyl (C=O) groups excluding carboxylic acids is 3. The molecule has 3 aliphatic carbocycles. The van der Waals surface area contributed by atoms with Crippen LogP contribution in [-0.2, 0) is 33.6 Å². The third-order valence-corrected chi connectivity index (χ3v) is 8.36. The predicted octanol–water partition coefficient (Wildman–Crippen LogP) is 1.33. The van der Waals surface area contributed by atoms with Gasteiger partial charge < -0.3 is 31.9 Å². The highest BCUT2D eigenvalue weighted by atomic mass is 16.3. The molecule has 0 radical (unpaired) electrons. The van der Waals surface area contributed by atoms with Crippen molar-refractivity contribution >= 4 is 28.9 Å². The van der Waals surface area contributed by atoms with Crippen molar-refractivity contribution in [2.24, 2.45) is 17.6 Å². The summed E-state index contributed by atoms with van der Waals surface area (Å²) >= 11 is 0. The van der Waals surface area contributed by atoms with Gasteiger partial charge in [-0.3, -0.25) is 19.3 Å². The van der Waals surface area contributed by atoms with Crippen molar-refractivity contribution in [2.75, 3.05) is 19.8 Å². The van der Waals surface area contributed by atoms with Gasteiger partial charge in [0.15, 0.2) is 11.4 Å². The number of phenols is 1. The zero-order valence-corrected chi connectivity index (χ0v) is 21.6. The number of aromatic hydroxyl groups is 1. The topological polar surface area (TPSA) is 187 Å². The summed E-state index contributed by atoms with van der Waals surface area (Å²) < 4.78 is 0. The Morgan fingerprint density at radius 1 is 1.05 bits per heavy atom. The van der Waals surface area contributed by atoms with Crippen LogP contribution in [0.25, 0.3) is 5.76 Å². The molecule has 3 aliphatic rings. The summed E-state index contributed by atoms with van der Waals surface area (Å²) in [7, 11) is 3.14. The Hall–Kier alpha value is -4.15. The number of hydrogen-bond donors (Lipinski definition) is 6. The Balaban J connectivity index is 1.61. The molecule has 1 saturated carbocycles. The summed E-state index contributed by atoms with van der Waals surface area (Å²) in [6.45, 7) is 0. The lowest BCUT2D eigenvalue weighted by Crippen LogP contribution is -2.65. The van der Waals surface area contributed by atoms with Crippen LogP contribution in [0.5, 0.6) is 5.75 Å². The van der Waals surface area contributed by atoms with Crippen LogP contribution in [0.4, 0.5) is 5.69 Å². The summed E-state index contributed by atoms with van der Waals surface area (Å²) in [5, 5.41) is 44.6. The summed E-state index contributed by atoms with van der Waals surface area (Å²) in [6, 6.07) is 9.61. The molecule has 4 unspecified atom stereocenters. The number of hydrogen-bond acceptors (Lipinski definition) is 9. The van der Waals surface area contributed by atoms with Crippen molar-refractivity contribution in [1.29, 1.82) is 0 Å². The Labute approximate surface area is 224 Å². The van der Waals surface area contributed by atoms with E-state index in [1.54, 1.807) is 20.2 Å². The Bertz CT molecular complexity index is 1470. The number of phenolic OH excluding ortho intramolecular Hbond substituents is 1. The number of primary amides is 1. The normalized spacial score (nSPS) is 26.4. The number of ketones is 2. The minimum Gasteiger partial charge on any atom is -0.508 e. The molecule has 2 aromatic carbocycles. The first kappa shape index (κ1) is 26.5. The van der Waals surface area contributed by atoms with Crippen LogP contribution in [0.3, 0.4) is 0 Å². The lowest BCUT2D eigenvalue weighted by atomic mass is 9.57. The van der Waals surface area contributed by atoms with E-state index in [2.05, 4.69) is 0 Å². The zero-order chi connectivity index (χ0) is 28.4. The molecule has 8 N–H and O–H groups in total. The molecule has 0 saturated heterocycles. The number of nitrogens with two attached hydrogens (primary N) is 2. The highest BCUT2D eigenvalue weighted by molar-refractivity contribution is 6.24. The molecule has 1 fully saturated rings. The number of Topliss-reactive ketones (excluding diaryl/α,β-unsaturated/α-hetero) is 2. The quantitative estimate of drug-likeness (QED) is 0.243. The van der Waals surface area contributed by atoms with E-state index in [9.17, 15) is 34.8 Å². The maximum Gasteiger partial charge on any atom is 0.255 e. The largest absolute Gasteiger partial charge is 0.508 e. The Morgan fingerprint density at radius 2 is 1.72 bits per heavy atom. The molecule has 1 amide bonds. The van der Waals surface area contributed by atoms with E-state index < -0.39 is 58.0 Å². The molecule has 0 aliphatic heterocycles. The number of anilines is 1. The molecule has 5 rings (SSSR count). The average Bonchev–Trinajstić information content (AvgIpc) is 2.86. The van der Waals surface area contributed by atoms with Gasteiger partial charge in [-0.1, -0.05) is 18.2 Å². The number of aliphatic hydroxyl groups excluding tert-OH is 2. The summed E-state index contributed by atoms with van der Waals surface area (Å²) in [5.41, 5.74) is 10.9. The van der Waals surface area contributed by atoms with Crippen LogP contribution < -0.4 is 11.5 Å². The van der Waals surface area contributed by atoms with E-state index >= 15 is 0 Å². The van der Waals surface area contributed by atoms with Crippen LogP contribution in [0.15, 0.2) is 53.3 Å². The molecule has 10 nitrogen and oxygen atoms in total. The van der Waals surface area contributed by atoms with Gasteiger partial charge in [-0.15, -0.1) is 0 Å². The monoisotopic (exact) mass is 533 g/mol. The van der Waals surface area contributed by atoms with E-state index in [4.69, 9.17) is 11.5 Å². The molecule has 0 aromatic heterocycles. The van der Waals surface area contributed by atoms with E-state index in [0.29, 0.717) is 24.1 Å². The van der Waals surface area contributed by atoms with Gasteiger partial charge in [-0.25, -0.2) is 0 Å².